The van der Waals surface area contributed by atoms with Gasteiger partial charge in [-0.15, -0.1) is 0 Å². The zero-order valence-corrected chi connectivity index (χ0v) is 11.2. The molecule has 0 fully saturated rings. The number of nitrogens with one attached hydrogen (secondary N) is 1. The fourth-order valence-corrected chi connectivity index (χ4v) is 1.53. The van der Waals surface area contributed by atoms with Crippen LogP contribution in [0.2, 0.25) is 5.02 Å². The highest BCUT2D eigenvalue weighted by Gasteiger charge is 2.24. The first-order chi connectivity index (χ1) is 7.83. The Morgan fingerprint density at radius 2 is 2.12 bits per heavy atom. The molecule has 0 aliphatic heterocycles. The Morgan fingerprint density at radius 3 is 2.71 bits per heavy atom. The Balaban J connectivity index is 2.54. The molecule has 0 heterocycles. The van der Waals surface area contributed by atoms with Crippen LogP contribution in [-0.2, 0) is 6.54 Å². The maximum Gasteiger partial charge on any atom is 0.127 e. The largest absolute Gasteiger partial charge is 0.389 e. The second kappa shape index (κ2) is 5.80. The number of aliphatic hydroxyl groups is 1. The number of halogens is 2. The predicted molar refractivity (Wildman–Crippen MR) is 68.6 cm³/mol. The van der Waals surface area contributed by atoms with Gasteiger partial charge in [-0.05, 0) is 31.0 Å². The lowest BCUT2D eigenvalue weighted by Gasteiger charge is -2.28. The molecule has 1 rings (SSSR count). The van der Waals surface area contributed by atoms with Gasteiger partial charge in [-0.2, -0.15) is 0 Å². The Kier molecular flexibility index (Phi) is 4.92. The smallest absolute Gasteiger partial charge is 0.127 e. The molecular formula is C13H19ClFNO. The van der Waals surface area contributed by atoms with Crippen LogP contribution in [-0.4, -0.2) is 17.3 Å². The third-order valence-electron chi connectivity index (χ3n) is 3.05. The molecule has 0 aliphatic carbocycles. The van der Waals surface area contributed by atoms with E-state index in [9.17, 15) is 9.50 Å². The van der Waals surface area contributed by atoms with Crippen molar-refractivity contribution in [3.63, 3.8) is 0 Å². The Morgan fingerprint density at radius 1 is 1.47 bits per heavy atom. The highest BCUT2D eigenvalue weighted by molar-refractivity contribution is 6.30. The lowest BCUT2D eigenvalue weighted by atomic mass is 9.92. The van der Waals surface area contributed by atoms with Crippen molar-refractivity contribution in [2.45, 2.75) is 32.9 Å². The summed E-state index contributed by atoms with van der Waals surface area (Å²) in [4.78, 5) is 0. The predicted octanol–water partition coefficient (Wildman–Crippen LogP) is 2.98. The van der Waals surface area contributed by atoms with Gasteiger partial charge >= 0.3 is 0 Å². The summed E-state index contributed by atoms with van der Waals surface area (Å²) in [6.45, 7) is 6.42. The topological polar surface area (TPSA) is 32.3 Å². The molecule has 1 atom stereocenters. The van der Waals surface area contributed by atoms with Crippen molar-refractivity contribution < 1.29 is 9.50 Å². The molecule has 0 aromatic heterocycles. The highest BCUT2D eigenvalue weighted by Crippen LogP contribution is 2.17. The zero-order chi connectivity index (χ0) is 13.1. The first-order valence-corrected chi connectivity index (χ1v) is 6.08. The average molecular weight is 260 g/mol. The van der Waals surface area contributed by atoms with Crippen LogP contribution in [0.3, 0.4) is 0 Å². The van der Waals surface area contributed by atoms with Crippen molar-refractivity contribution in [2.75, 3.05) is 6.54 Å². The van der Waals surface area contributed by atoms with Gasteiger partial charge in [0.1, 0.15) is 5.82 Å². The second-order valence-corrected chi connectivity index (χ2v) is 5.29. The van der Waals surface area contributed by atoms with Crippen LogP contribution in [0.4, 0.5) is 4.39 Å². The number of hydrogen-bond donors (Lipinski definition) is 2. The Labute approximate surface area is 107 Å². The molecule has 1 aromatic carbocycles. The standard InChI is InChI=1S/C13H19ClFNO/c1-9(2)13(3,17)8-16-7-10-6-11(14)4-5-12(10)15/h4-6,9,16-17H,7-8H2,1-3H3. The summed E-state index contributed by atoms with van der Waals surface area (Å²) < 4.78 is 13.4. The number of rotatable bonds is 5. The van der Waals surface area contributed by atoms with E-state index in [-0.39, 0.29) is 11.7 Å². The molecular weight excluding hydrogens is 241 g/mol. The molecule has 2 N–H and O–H groups in total. The van der Waals surface area contributed by atoms with E-state index in [0.717, 1.165) is 0 Å². The molecule has 0 aliphatic rings. The van der Waals surface area contributed by atoms with Crippen molar-refractivity contribution in [1.82, 2.24) is 5.32 Å². The van der Waals surface area contributed by atoms with E-state index in [1.165, 1.54) is 12.1 Å². The first kappa shape index (κ1) is 14.4. The molecule has 0 spiro atoms. The molecule has 0 saturated carbocycles. The molecule has 96 valence electrons. The fraction of sp³-hybridized carbons (Fsp3) is 0.538. The van der Waals surface area contributed by atoms with E-state index >= 15 is 0 Å². The summed E-state index contributed by atoms with van der Waals surface area (Å²) in [7, 11) is 0. The second-order valence-electron chi connectivity index (χ2n) is 4.85. The summed E-state index contributed by atoms with van der Waals surface area (Å²) in [6, 6.07) is 4.46. The third kappa shape index (κ3) is 4.26. The van der Waals surface area contributed by atoms with Gasteiger partial charge in [-0.1, -0.05) is 25.4 Å². The minimum absolute atomic E-state index is 0.138. The maximum absolute atomic E-state index is 13.4. The summed E-state index contributed by atoms with van der Waals surface area (Å²) >= 11 is 5.79. The van der Waals surface area contributed by atoms with Crippen LogP contribution < -0.4 is 5.32 Å². The fourth-order valence-electron chi connectivity index (χ4n) is 1.33. The van der Waals surface area contributed by atoms with Gasteiger partial charge in [0, 0.05) is 23.7 Å². The number of benzene rings is 1. The maximum atomic E-state index is 13.4. The van der Waals surface area contributed by atoms with Gasteiger partial charge in [0.2, 0.25) is 0 Å². The molecule has 0 saturated heterocycles. The molecule has 1 aromatic rings. The lowest BCUT2D eigenvalue weighted by molar-refractivity contribution is 0.0139. The van der Waals surface area contributed by atoms with Gasteiger partial charge in [-0.3, -0.25) is 0 Å². The van der Waals surface area contributed by atoms with Crippen molar-refractivity contribution in [3.8, 4) is 0 Å². The first-order valence-electron chi connectivity index (χ1n) is 5.70. The molecule has 2 nitrogen and oxygen atoms in total. The van der Waals surface area contributed by atoms with Crippen LogP contribution in [0.15, 0.2) is 18.2 Å². The highest BCUT2D eigenvalue weighted by atomic mass is 35.5. The van der Waals surface area contributed by atoms with Crippen molar-refractivity contribution in [3.05, 3.63) is 34.6 Å². The van der Waals surface area contributed by atoms with Crippen LogP contribution in [0, 0.1) is 11.7 Å². The molecule has 0 radical (unpaired) electrons. The van der Waals surface area contributed by atoms with Crippen LogP contribution in [0.25, 0.3) is 0 Å². The minimum atomic E-state index is -0.797. The molecule has 0 amide bonds. The summed E-state index contributed by atoms with van der Waals surface area (Å²) in [5, 5.41) is 13.6. The normalized spacial score (nSPS) is 15.0. The van der Waals surface area contributed by atoms with Crippen molar-refractivity contribution in [1.29, 1.82) is 0 Å². The lowest BCUT2D eigenvalue weighted by Crippen LogP contribution is -2.42. The van der Waals surface area contributed by atoms with Crippen LogP contribution in [0.5, 0.6) is 0 Å². The average Bonchev–Trinajstić information content (AvgIpc) is 2.22. The third-order valence-corrected chi connectivity index (χ3v) is 3.29. The van der Waals surface area contributed by atoms with Crippen molar-refractivity contribution >= 4 is 11.6 Å². The minimum Gasteiger partial charge on any atom is -0.389 e. The Bertz CT molecular complexity index is 380. The van der Waals surface area contributed by atoms with E-state index in [1.54, 1.807) is 13.0 Å². The molecule has 4 heteroatoms. The van der Waals surface area contributed by atoms with Gasteiger partial charge in [0.05, 0.1) is 5.60 Å². The van der Waals surface area contributed by atoms with E-state index < -0.39 is 5.60 Å². The summed E-state index contributed by atoms with van der Waals surface area (Å²) in [5.74, 6) is -0.148. The van der Waals surface area contributed by atoms with Gasteiger partial charge in [0.25, 0.3) is 0 Å². The molecule has 0 bridgehead atoms. The van der Waals surface area contributed by atoms with Crippen LogP contribution in [0.1, 0.15) is 26.3 Å². The van der Waals surface area contributed by atoms with Gasteiger partial charge < -0.3 is 10.4 Å². The number of hydrogen-bond acceptors (Lipinski definition) is 2. The summed E-state index contributed by atoms with van der Waals surface area (Å²) in [6.07, 6.45) is 0. The van der Waals surface area contributed by atoms with Gasteiger partial charge in [-0.25, -0.2) is 4.39 Å². The Hall–Kier alpha value is -0.640. The van der Waals surface area contributed by atoms with Crippen molar-refractivity contribution in [2.24, 2.45) is 5.92 Å². The zero-order valence-electron chi connectivity index (χ0n) is 10.4. The van der Waals surface area contributed by atoms with E-state index in [4.69, 9.17) is 11.6 Å². The monoisotopic (exact) mass is 259 g/mol. The SMILES string of the molecule is CC(C)C(C)(O)CNCc1cc(Cl)ccc1F. The van der Waals surface area contributed by atoms with Crippen LogP contribution >= 0.6 is 11.6 Å². The summed E-state index contributed by atoms with van der Waals surface area (Å²) in [5.41, 5.74) is -0.285. The molecule has 17 heavy (non-hydrogen) atoms. The molecule has 1 unspecified atom stereocenters. The van der Waals surface area contributed by atoms with Gasteiger partial charge in [0.15, 0.2) is 0 Å². The van der Waals surface area contributed by atoms with E-state index in [1.807, 2.05) is 13.8 Å². The van der Waals surface area contributed by atoms with E-state index in [0.29, 0.717) is 23.7 Å². The van der Waals surface area contributed by atoms with E-state index in [2.05, 4.69) is 5.32 Å². The quantitative estimate of drug-likeness (QED) is 0.852.